The summed E-state index contributed by atoms with van der Waals surface area (Å²) < 4.78 is 56.9. The minimum absolute atomic E-state index is 0.0582. The van der Waals surface area contributed by atoms with E-state index in [4.69, 9.17) is 4.74 Å². The highest BCUT2D eigenvalue weighted by molar-refractivity contribution is 7.95. The predicted octanol–water partition coefficient (Wildman–Crippen LogP) is 3.81. The molecular formula is C16H20F2N2O3S. The Balaban J connectivity index is 2.16. The predicted molar refractivity (Wildman–Crippen MR) is 89.5 cm³/mol. The van der Waals surface area contributed by atoms with Crippen molar-refractivity contribution in [1.29, 1.82) is 0 Å². The fraction of sp³-hybridized carbons (Fsp3) is 0.438. The summed E-state index contributed by atoms with van der Waals surface area (Å²) in [7, 11) is -2.18. The van der Waals surface area contributed by atoms with E-state index in [-0.39, 0.29) is 24.4 Å². The molecule has 0 aromatic carbocycles. The number of aromatic nitrogens is 1. The molecule has 0 radical (unpaired) electrons. The number of rotatable bonds is 6. The van der Waals surface area contributed by atoms with Crippen molar-refractivity contribution in [3.63, 3.8) is 0 Å². The summed E-state index contributed by atoms with van der Waals surface area (Å²) >= 11 is 0. The molecule has 1 saturated carbocycles. The first-order valence-electron chi connectivity index (χ1n) is 7.50. The maximum Gasteiger partial charge on any atom is 0.254 e. The van der Waals surface area contributed by atoms with Gasteiger partial charge in [0, 0.05) is 23.8 Å². The number of alkyl halides is 2. The van der Waals surface area contributed by atoms with Gasteiger partial charge in [0.15, 0.2) is 0 Å². The van der Waals surface area contributed by atoms with Gasteiger partial charge in [-0.25, -0.2) is 22.2 Å². The fourth-order valence-corrected chi connectivity index (χ4v) is 3.04. The van der Waals surface area contributed by atoms with Crippen molar-refractivity contribution in [1.82, 2.24) is 4.98 Å². The first-order chi connectivity index (χ1) is 11.2. The zero-order valence-corrected chi connectivity index (χ0v) is 14.2. The summed E-state index contributed by atoms with van der Waals surface area (Å²) in [6.07, 6.45) is 5.52. The molecule has 1 aliphatic rings. The van der Waals surface area contributed by atoms with Crippen LogP contribution < -0.4 is 9.46 Å². The summed E-state index contributed by atoms with van der Waals surface area (Å²) in [4.78, 5) is 4.05. The number of anilines is 1. The van der Waals surface area contributed by atoms with Crippen LogP contribution in [0.1, 0.15) is 31.2 Å². The zero-order valence-electron chi connectivity index (χ0n) is 13.3. The number of nitrogens with zero attached hydrogens (tertiary/aromatic N) is 1. The largest absolute Gasteiger partial charge is 0.481 e. The average molecular weight is 358 g/mol. The maximum atomic E-state index is 13.2. The third-order valence-electron chi connectivity index (χ3n) is 3.86. The topological polar surface area (TPSA) is 68.3 Å². The second-order valence-electron chi connectivity index (χ2n) is 5.69. The Hall–Kier alpha value is -1.96. The molecule has 0 amide bonds. The highest BCUT2D eigenvalue weighted by atomic mass is 32.2. The molecule has 0 spiro atoms. The van der Waals surface area contributed by atoms with E-state index in [1.165, 1.54) is 13.3 Å². The van der Waals surface area contributed by atoms with Gasteiger partial charge >= 0.3 is 0 Å². The third kappa shape index (κ3) is 5.02. The summed E-state index contributed by atoms with van der Waals surface area (Å²) in [6.45, 7) is 3.22. The molecule has 0 bridgehead atoms. The fourth-order valence-electron chi connectivity index (χ4n) is 2.52. The van der Waals surface area contributed by atoms with Gasteiger partial charge in [-0.15, -0.1) is 0 Å². The van der Waals surface area contributed by atoms with Crippen LogP contribution in [0.4, 0.5) is 14.5 Å². The third-order valence-corrected chi connectivity index (χ3v) is 4.82. The summed E-state index contributed by atoms with van der Waals surface area (Å²) in [5.74, 6) is -2.18. The number of ether oxygens (including phenoxy) is 1. The maximum absolute atomic E-state index is 13.2. The molecule has 1 N–H and O–H groups in total. The number of halogens is 2. The van der Waals surface area contributed by atoms with E-state index >= 15 is 0 Å². The molecular weight excluding hydrogens is 338 g/mol. The van der Waals surface area contributed by atoms with Crippen LogP contribution in [0.15, 0.2) is 30.3 Å². The van der Waals surface area contributed by atoms with Crippen LogP contribution in [-0.4, -0.2) is 26.4 Å². The molecule has 0 unspecified atom stereocenters. The number of nitrogens with one attached hydrogen (secondary N) is 1. The van der Waals surface area contributed by atoms with Gasteiger partial charge in [-0.05, 0) is 24.8 Å². The van der Waals surface area contributed by atoms with E-state index in [0.717, 1.165) is 5.41 Å². The van der Waals surface area contributed by atoms with Crippen LogP contribution in [0, 0.1) is 5.92 Å². The molecule has 5 nitrogen and oxygen atoms in total. The van der Waals surface area contributed by atoms with E-state index < -0.39 is 15.9 Å². The molecule has 1 aromatic rings. The lowest BCUT2D eigenvalue weighted by Gasteiger charge is -2.26. The highest BCUT2D eigenvalue weighted by Crippen LogP contribution is 2.37. The van der Waals surface area contributed by atoms with Crippen LogP contribution in [-0.2, 0) is 10.0 Å². The number of methoxy groups -OCH3 is 1. The van der Waals surface area contributed by atoms with Gasteiger partial charge in [0.05, 0.1) is 19.0 Å². The standard InChI is InChI=1S/C16H20F2N2O3S/c1-3-24(21,22)20-14-10-13(15(23-2)19-11-14)5-4-12-6-8-16(17,18)9-7-12/h3-5,10-12,20H,1,6-9H2,2H3. The Bertz CT molecular complexity index is 723. The van der Waals surface area contributed by atoms with E-state index in [1.807, 2.05) is 6.08 Å². The van der Waals surface area contributed by atoms with E-state index in [2.05, 4.69) is 16.3 Å². The molecule has 2 rings (SSSR count). The Kier molecular flexibility index (Phi) is 5.58. The first-order valence-corrected chi connectivity index (χ1v) is 9.04. The molecule has 1 aromatic heterocycles. The van der Waals surface area contributed by atoms with Crippen LogP contribution in [0.5, 0.6) is 5.88 Å². The summed E-state index contributed by atoms with van der Waals surface area (Å²) in [5.41, 5.74) is 0.838. The SMILES string of the molecule is C=CS(=O)(=O)Nc1cnc(OC)c(C=CC2CCC(F)(F)CC2)c1. The molecule has 0 aliphatic heterocycles. The number of sulfonamides is 1. The van der Waals surface area contributed by atoms with Crippen molar-refractivity contribution in [3.05, 3.63) is 35.9 Å². The molecule has 132 valence electrons. The number of hydrogen-bond donors (Lipinski definition) is 1. The number of allylic oxidation sites excluding steroid dienone is 1. The van der Waals surface area contributed by atoms with Crippen molar-refractivity contribution in [2.24, 2.45) is 5.92 Å². The van der Waals surface area contributed by atoms with Crippen LogP contribution >= 0.6 is 0 Å². The minimum atomic E-state index is -3.63. The summed E-state index contributed by atoms with van der Waals surface area (Å²) in [5, 5.41) is 0.801. The van der Waals surface area contributed by atoms with E-state index in [0.29, 0.717) is 24.3 Å². The van der Waals surface area contributed by atoms with Crippen LogP contribution in [0.25, 0.3) is 6.08 Å². The van der Waals surface area contributed by atoms with E-state index in [9.17, 15) is 17.2 Å². The monoisotopic (exact) mass is 358 g/mol. The molecule has 1 heterocycles. The molecule has 1 fully saturated rings. The molecule has 8 heteroatoms. The van der Waals surface area contributed by atoms with Crippen LogP contribution in [0.3, 0.4) is 0 Å². The van der Waals surface area contributed by atoms with Crippen molar-refractivity contribution in [2.75, 3.05) is 11.8 Å². The van der Waals surface area contributed by atoms with Crippen molar-refractivity contribution < 1.29 is 21.9 Å². The van der Waals surface area contributed by atoms with Crippen molar-refractivity contribution >= 4 is 21.8 Å². The lowest BCUT2D eigenvalue weighted by Crippen LogP contribution is -2.23. The first kappa shape index (κ1) is 18.4. The minimum Gasteiger partial charge on any atom is -0.481 e. The second kappa shape index (κ2) is 7.29. The Labute approximate surface area is 140 Å². The quantitative estimate of drug-likeness (QED) is 0.839. The van der Waals surface area contributed by atoms with Gasteiger partial charge in [0.2, 0.25) is 11.8 Å². The molecule has 0 atom stereocenters. The molecule has 24 heavy (non-hydrogen) atoms. The van der Waals surface area contributed by atoms with Gasteiger partial charge in [0.25, 0.3) is 10.0 Å². The summed E-state index contributed by atoms with van der Waals surface area (Å²) in [6, 6.07) is 1.57. The molecule has 0 saturated heterocycles. The zero-order chi connectivity index (χ0) is 17.8. The van der Waals surface area contributed by atoms with Crippen LogP contribution in [0.2, 0.25) is 0 Å². The normalized spacial score (nSPS) is 18.5. The van der Waals surface area contributed by atoms with Crippen molar-refractivity contribution in [2.45, 2.75) is 31.6 Å². The Morgan fingerprint density at radius 1 is 1.42 bits per heavy atom. The van der Waals surface area contributed by atoms with Crippen molar-refractivity contribution in [3.8, 4) is 5.88 Å². The van der Waals surface area contributed by atoms with E-state index in [1.54, 1.807) is 12.1 Å². The van der Waals surface area contributed by atoms with Gasteiger partial charge < -0.3 is 4.74 Å². The number of pyridine rings is 1. The second-order valence-corrected chi connectivity index (χ2v) is 7.32. The lowest BCUT2D eigenvalue weighted by atomic mass is 9.86. The van der Waals surface area contributed by atoms with Gasteiger partial charge in [-0.1, -0.05) is 18.7 Å². The van der Waals surface area contributed by atoms with Gasteiger partial charge in [-0.2, -0.15) is 0 Å². The Morgan fingerprint density at radius 2 is 2.08 bits per heavy atom. The Morgan fingerprint density at radius 3 is 2.67 bits per heavy atom. The lowest BCUT2D eigenvalue weighted by molar-refractivity contribution is -0.0410. The highest BCUT2D eigenvalue weighted by Gasteiger charge is 2.33. The average Bonchev–Trinajstić information content (AvgIpc) is 2.54. The number of hydrogen-bond acceptors (Lipinski definition) is 4. The van der Waals surface area contributed by atoms with Gasteiger partial charge in [-0.3, -0.25) is 4.72 Å². The van der Waals surface area contributed by atoms with Gasteiger partial charge in [0.1, 0.15) is 0 Å². The smallest absolute Gasteiger partial charge is 0.254 e. The molecule has 1 aliphatic carbocycles.